The summed E-state index contributed by atoms with van der Waals surface area (Å²) >= 11 is 1.57. The zero-order valence-electron chi connectivity index (χ0n) is 10.6. The van der Waals surface area contributed by atoms with Gasteiger partial charge in [-0.3, -0.25) is 0 Å². The number of ether oxygens (including phenoxy) is 1. The zero-order valence-corrected chi connectivity index (χ0v) is 11.4. The number of esters is 1. The van der Waals surface area contributed by atoms with E-state index in [4.69, 9.17) is 10.5 Å². The van der Waals surface area contributed by atoms with Gasteiger partial charge in [0.2, 0.25) is 0 Å². The van der Waals surface area contributed by atoms with Gasteiger partial charge in [-0.1, -0.05) is 30.0 Å². The molecular formula is C15H15NO2S. The molecule has 0 aromatic heterocycles. The lowest BCUT2D eigenvalue weighted by atomic mass is 10.2. The number of carbonyl (C=O) groups is 1. The molecule has 2 aromatic rings. The number of carbonyl (C=O) groups excluding carboxylic acids is 1. The second-order valence-corrected chi connectivity index (χ2v) is 5.00. The molecule has 0 unspecified atom stereocenters. The fourth-order valence-corrected chi connectivity index (χ4v) is 2.46. The molecule has 0 fully saturated rings. The Morgan fingerprint density at radius 2 is 1.95 bits per heavy atom. The van der Waals surface area contributed by atoms with Crippen LogP contribution in [-0.2, 0) is 4.74 Å². The highest BCUT2D eigenvalue weighted by Gasteiger charge is 2.09. The number of benzene rings is 2. The molecule has 2 rings (SSSR count). The lowest BCUT2D eigenvalue weighted by molar-refractivity contribution is 0.0526. The lowest BCUT2D eigenvalue weighted by Crippen LogP contribution is -2.05. The van der Waals surface area contributed by atoms with E-state index in [0.29, 0.717) is 17.9 Å². The SMILES string of the molecule is CCOC(=O)c1ccc(Sc2ccccc2)c(N)c1. The monoisotopic (exact) mass is 273 g/mol. The second kappa shape index (κ2) is 6.29. The third-order valence-corrected chi connectivity index (χ3v) is 3.59. The van der Waals surface area contributed by atoms with E-state index in [2.05, 4.69) is 0 Å². The molecule has 2 N–H and O–H groups in total. The normalized spacial score (nSPS) is 10.2. The Bertz CT molecular complexity index is 570. The Hall–Kier alpha value is -1.94. The zero-order chi connectivity index (χ0) is 13.7. The summed E-state index contributed by atoms with van der Waals surface area (Å²) in [6.45, 7) is 2.14. The Labute approximate surface area is 116 Å². The average molecular weight is 273 g/mol. The number of nitrogen functional groups attached to an aromatic ring is 1. The van der Waals surface area contributed by atoms with Crippen molar-refractivity contribution in [1.82, 2.24) is 0 Å². The summed E-state index contributed by atoms with van der Waals surface area (Å²) in [5.41, 5.74) is 7.04. The van der Waals surface area contributed by atoms with Crippen LogP contribution in [0.5, 0.6) is 0 Å². The van der Waals surface area contributed by atoms with Gasteiger partial charge in [0, 0.05) is 15.5 Å². The van der Waals surface area contributed by atoms with Gasteiger partial charge in [0.15, 0.2) is 0 Å². The van der Waals surface area contributed by atoms with Crippen LogP contribution in [-0.4, -0.2) is 12.6 Å². The van der Waals surface area contributed by atoms with E-state index < -0.39 is 0 Å². The van der Waals surface area contributed by atoms with Crippen molar-refractivity contribution in [3.05, 3.63) is 54.1 Å². The van der Waals surface area contributed by atoms with Crippen molar-refractivity contribution in [3.63, 3.8) is 0 Å². The second-order valence-electron chi connectivity index (χ2n) is 3.89. The van der Waals surface area contributed by atoms with Crippen molar-refractivity contribution in [2.45, 2.75) is 16.7 Å². The van der Waals surface area contributed by atoms with Crippen molar-refractivity contribution < 1.29 is 9.53 Å². The predicted molar refractivity (Wildman–Crippen MR) is 77.4 cm³/mol. The summed E-state index contributed by atoms with van der Waals surface area (Å²) in [5, 5.41) is 0. The molecular weight excluding hydrogens is 258 g/mol. The number of rotatable bonds is 4. The minimum absolute atomic E-state index is 0.342. The van der Waals surface area contributed by atoms with Gasteiger partial charge in [0.05, 0.1) is 12.2 Å². The van der Waals surface area contributed by atoms with Gasteiger partial charge in [0.1, 0.15) is 0 Å². The van der Waals surface area contributed by atoms with Crippen molar-refractivity contribution in [2.24, 2.45) is 0 Å². The molecule has 0 atom stereocenters. The van der Waals surface area contributed by atoms with Gasteiger partial charge in [-0.2, -0.15) is 0 Å². The van der Waals surface area contributed by atoms with Crippen LogP contribution in [0.3, 0.4) is 0 Å². The molecule has 0 saturated carbocycles. The molecule has 0 aliphatic carbocycles. The van der Waals surface area contributed by atoms with E-state index in [-0.39, 0.29) is 5.97 Å². The molecule has 19 heavy (non-hydrogen) atoms. The Morgan fingerprint density at radius 1 is 1.21 bits per heavy atom. The van der Waals surface area contributed by atoms with E-state index in [1.807, 2.05) is 36.4 Å². The molecule has 0 bridgehead atoms. The first-order valence-corrected chi connectivity index (χ1v) is 6.82. The van der Waals surface area contributed by atoms with E-state index >= 15 is 0 Å². The number of hydrogen-bond acceptors (Lipinski definition) is 4. The molecule has 2 aromatic carbocycles. The summed E-state index contributed by atoms with van der Waals surface area (Å²) in [6, 6.07) is 15.2. The van der Waals surface area contributed by atoms with Gasteiger partial charge >= 0.3 is 5.97 Å². The Kier molecular flexibility index (Phi) is 4.47. The van der Waals surface area contributed by atoms with Crippen LogP contribution in [0.4, 0.5) is 5.69 Å². The van der Waals surface area contributed by atoms with Crippen LogP contribution in [0, 0.1) is 0 Å². The molecule has 0 aliphatic heterocycles. The smallest absolute Gasteiger partial charge is 0.338 e. The first-order chi connectivity index (χ1) is 9.20. The molecule has 4 heteroatoms. The summed E-state index contributed by atoms with van der Waals surface area (Å²) in [4.78, 5) is 13.6. The van der Waals surface area contributed by atoms with Crippen molar-refractivity contribution in [2.75, 3.05) is 12.3 Å². The van der Waals surface area contributed by atoms with Crippen LogP contribution >= 0.6 is 11.8 Å². The number of nitrogens with two attached hydrogens (primary N) is 1. The largest absolute Gasteiger partial charge is 0.462 e. The first-order valence-electron chi connectivity index (χ1n) is 6.00. The maximum Gasteiger partial charge on any atom is 0.338 e. The number of anilines is 1. The fraction of sp³-hybridized carbons (Fsp3) is 0.133. The summed E-state index contributed by atoms with van der Waals surface area (Å²) in [5.74, 6) is -0.342. The van der Waals surface area contributed by atoms with E-state index in [1.54, 1.807) is 30.8 Å². The molecule has 0 spiro atoms. The van der Waals surface area contributed by atoms with Gasteiger partial charge in [0.25, 0.3) is 0 Å². The molecule has 0 radical (unpaired) electrons. The molecule has 0 aliphatic rings. The lowest BCUT2D eigenvalue weighted by Gasteiger charge is -2.07. The quantitative estimate of drug-likeness (QED) is 0.683. The van der Waals surface area contributed by atoms with Crippen LogP contribution in [0.15, 0.2) is 58.3 Å². The van der Waals surface area contributed by atoms with Crippen molar-refractivity contribution >= 4 is 23.4 Å². The molecule has 0 saturated heterocycles. The van der Waals surface area contributed by atoms with Gasteiger partial charge < -0.3 is 10.5 Å². The average Bonchev–Trinajstić information content (AvgIpc) is 2.42. The Morgan fingerprint density at radius 3 is 2.58 bits per heavy atom. The van der Waals surface area contributed by atoms with Crippen LogP contribution in [0.25, 0.3) is 0 Å². The highest BCUT2D eigenvalue weighted by molar-refractivity contribution is 7.99. The Balaban J connectivity index is 2.18. The highest BCUT2D eigenvalue weighted by atomic mass is 32.2. The van der Waals surface area contributed by atoms with E-state index in [0.717, 1.165) is 9.79 Å². The van der Waals surface area contributed by atoms with Crippen LogP contribution in [0.1, 0.15) is 17.3 Å². The van der Waals surface area contributed by atoms with Gasteiger partial charge in [-0.15, -0.1) is 0 Å². The molecule has 0 amide bonds. The van der Waals surface area contributed by atoms with Crippen molar-refractivity contribution in [1.29, 1.82) is 0 Å². The molecule has 98 valence electrons. The summed E-state index contributed by atoms with van der Waals surface area (Å²) < 4.78 is 4.94. The van der Waals surface area contributed by atoms with Crippen molar-refractivity contribution in [3.8, 4) is 0 Å². The summed E-state index contributed by atoms with van der Waals surface area (Å²) in [6.07, 6.45) is 0. The maximum absolute atomic E-state index is 11.6. The minimum Gasteiger partial charge on any atom is -0.462 e. The topological polar surface area (TPSA) is 52.3 Å². The van der Waals surface area contributed by atoms with E-state index in [1.165, 1.54) is 0 Å². The van der Waals surface area contributed by atoms with E-state index in [9.17, 15) is 4.79 Å². The highest BCUT2D eigenvalue weighted by Crippen LogP contribution is 2.32. The maximum atomic E-state index is 11.6. The third kappa shape index (κ3) is 3.51. The minimum atomic E-state index is -0.342. The fourth-order valence-electron chi connectivity index (χ4n) is 1.60. The third-order valence-electron chi connectivity index (χ3n) is 2.49. The van der Waals surface area contributed by atoms with Gasteiger partial charge in [-0.05, 0) is 37.3 Å². The first kappa shape index (κ1) is 13.5. The molecule has 0 heterocycles. The standard InChI is InChI=1S/C15H15NO2S/c1-2-18-15(17)11-8-9-14(13(16)10-11)19-12-6-4-3-5-7-12/h3-10H,2,16H2,1H3. The van der Waals surface area contributed by atoms with Crippen LogP contribution < -0.4 is 5.73 Å². The predicted octanol–water partition coefficient (Wildman–Crippen LogP) is 3.60. The van der Waals surface area contributed by atoms with Gasteiger partial charge in [-0.25, -0.2) is 4.79 Å². The molecule has 3 nitrogen and oxygen atoms in total. The van der Waals surface area contributed by atoms with Crippen LogP contribution in [0.2, 0.25) is 0 Å². The number of hydrogen-bond donors (Lipinski definition) is 1. The summed E-state index contributed by atoms with van der Waals surface area (Å²) in [7, 11) is 0.